The smallest absolute Gasteiger partial charge is 0.267 e. The lowest BCUT2D eigenvalue weighted by molar-refractivity contribution is 0.505. The molecule has 0 unspecified atom stereocenters. The van der Waals surface area contributed by atoms with Gasteiger partial charge in [-0.25, -0.2) is 9.67 Å². The van der Waals surface area contributed by atoms with Crippen molar-refractivity contribution in [3.05, 3.63) is 95.3 Å². The van der Waals surface area contributed by atoms with E-state index in [2.05, 4.69) is 34.7 Å². The molecule has 0 fully saturated rings. The molecule has 0 bridgehead atoms. The van der Waals surface area contributed by atoms with Crippen LogP contribution in [-0.2, 0) is 0 Å². The van der Waals surface area contributed by atoms with Crippen LogP contribution < -0.4 is 10.9 Å². The third-order valence-electron chi connectivity index (χ3n) is 5.25. The first-order valence-corrected chi connectivity index (χ1v) is 11.3. The zero-order chi connectivity index (χ0) is 22.1. The first-order valence-electron chi connectivity index (χ1n) is 10.5. The van der Waals surface area contributed by atoms with Crippen LogP contribution in [0.5, 0.6) is 0 Å². The highest BCUT2D eigenvalue weighted by Crippen LogP contribution is 2.39. The van der Waals surface area contributed by atoms with E-state index in [4.69, 9.17) is 4.98 Å². The molecular formula is C26H22N4OS. The largest absolute Gasteiger partial charge is 0.331 e. The molecular weight excluding hydrogens is 416 g/mol. The van der Waals surface area contributed by atoms with Crippen molar-refractivity contribution < 1.29 is 0 Å². The number of nitrogens with zero attached hydrogens (tertiary/aromatic N) is 3. The summed E-state index contributed by atoms with van der Waals surface area (Å²) in [5.41, 5.74) is 3.49. The van der Waals surface area contributed by atoms with Crippen LogP contribution in [0, 0.1) is 0 Å². The van der Waals surface area contributed by atoms with E-state index in [9.17, 15) is 4.79 Å². The highest BCUT2D eigenvalue weighted by molar-refractivity contribution is 7.19. The number of fused-ring (bicyclic) bond motifs is 1. The van der Waals surface area contributed by atoms with Gasteiger partial charge in [0.2, 0.25) is 0 Å². The van der Waals surface area contributed by atoms with Crippen LogP contribution in [0.3, 0.4) is 0 Å². The first kappa shape index (κ1) is 20.2. The number of thiazole rings is 1. The fourth-order valence-electron chi connectivity index (χ4n) is 3.70. The summed E-state index contributed by atoms with van der Waals surface area (Å²) in [6, 6.07) is 27.9. The van der Waals surface area contributed by atoms with E-state index in [1.54, 1.807) is 12.1 Å². The van der Waals surface area contributed by atoms with Gasteiger partial charge in [0.25, 0.3) is 5.56 Å². The van der Waals surface area contributed by atoms with Crippen molar-refractivity contribution in [2.24, 2.45) is 0 Å². The van der Waals surface area contributed by atoms with Crippen molar-refractivity contribution in [3.63, 3.8) is 0 Å². The van der Waals surface area contributed by atoms with Crippen LogP contribution in [0.4, 0.5) is 10.8 Å². The van der Waals surface area contributed by atoms with Gasteiger partial charge in [0.15, 0.2) is 5.13 Å². The average Bonchev–Trinajstić information content (AvgIpc) is 3.24. The number of benzene rings is 3. The monoisotopic (exact) mass is 438 g/mol. The van der Waals surface area contributed by atoms with Gasteiger partial charge in [0.05, 0.1) is 16.6 Å². The minimum atomic E-state index is -0.108. The van der Waals surface area contributed by atoms with Crippen LogP contribution in [0.1, 0.15) is 19.9 Å². The van der Waals surface area contributed by atoms with E-state index in [-0.39, 0.29) is 11.6 Å². The molecule has 0 amide bonds. The van der Waals surface area contributed by atoms with Gasteiger partial charge in [-0.2, -0.15) is 5.10 Å². The predicted octanol–water partition coefficient (Wildman–Crippen LogP) is 6.51. The van der Waals surface area contributed by atoms with E-state index in [1.165, 1.54) is 21.4 Å². The summed E-state index contributed by atoms with van der Waals surface area (Å²) in [4.78, 5) is 18.1. The van der Waals surface area contributed by atoms with Crippen molar-refractivity contribution in [1.82, 2.24) is 14.8 Å². The molecule has 0 saturated heterocycles. The highest BCUT2D eigenvalue weighted by Gasteiger charge is 2.18. The van der Waals surface area contributed by atoms with Crippen LogP contribution >= 0.6 is 11.3 Å². The Morgan fingerprint density at radius 3 is 2.44 bits per heavy atom. The second-order valence-electron chi connectivity index (χ2n) is 7.81. The molecule has 0 saturated carbocycles. The molecule has 0 atom stereocenters. The molecule has 0 radical (unpaired) electrons. The zero-order valence-corrected chi connectivity index (χ0v) is 18.6. The van der Waals surface area contributed by atoms with Crippen LogP contribution in [0.2, 0.25) is 0 Å². The summed E-state index contributed by atoms with van der Waals surface area (Å²) in [5.74, 6) is 0. The Labute approximate surface area is 190 Å². The van der Waals surface area contributed by atoms with Gasteiger partial charge in [-0.1, -0.05) is 78.1 Å². The Balaban J connectivity index is 1.64. The second kappa shape index (κ2) is 8.40. The third-order valence-corrected chi connectivity index (χ3v) is 6.25. The minimum absolute atomic E-state index is 0.0242. The SMILES string of the molecule is CC(C)n1nc(-c2sc(Nc3cccc4ccccc34)nc2-c2ccccc2)ccc1=O. The normalized spacial score (nSPS) is 11.2. The Bertz CT molecular complexity index is 1450. The molecule has 0 aliphatic rings. The maximum Gasteiger partial charge on any atom is 0.267 e. The lowest BCUT2D eigenvalue weighted by Crippen LogP contribution is -2.23. The molecule has 0 spiro atoms. The number of hydrogen-bond acceptors (Lipinski definition) is 5. The third kappa shape index (κ3) is 3.81. The molecule has 0 aliphatic carbocycles. The highest BCUT2D eigenvalue weighted by atomic mass is 32.1. The number of hydrogen-bond donors (Lipinski definition) is 1. The quantitative estimate of drug-likeness (QED) is 0.340. The van der Waals surface area contributed by atoms with Gasteiger partial charge in [-0.15, -0.1) is 0 Å². The van der Waals surface area contributed by atoms with Crippen LogP contribution in [0.15, 0.2) is 89.7 Å². The molecule has 158 valence electrons. The topological polar surface area (TPSA) is 59.8 Å². The Hall–Kier alpha value is -3.77. The van der Waals surface area contributed by atoms with Gasteiger partial charge in [-0.05, 0) is 31.4 Å². The van der Waals surface area contributed by atoms with Crippen molar-refractivity contribution in [2.45, 2.75) is 19.9 Å². The van der Waals surface area contributed by atoms with E-state index in [0.717, 1.165) is 38.0 Å². The van der Waals surface area contributed by atoms with Gasteiger partial charge >= 0.3 is 0 Å². The summed E-state index contributed by atoms with van der Waals surface area (Å²) in [5, 5.41) is 11.2. The number of aromatic nitrogens is 3. The van der Waals surface area contributed by atoms with Crippen LogP contribution in [0.25, 0.3) is 32.6 Å². The van der Waals surface area contributed by atoms with Gasteiger partial charge in [0, 0.05) is 22.7 Å². The average molecular weight is 439 g/mol. The summed E-state index contributed by atoms with van der Waals surface area (Å²) in [6.45, 7) is 3.91. The van der Waals surface area contributed by atoms with Gasteiger partial charge < -0.3 is 5.32 Å². The zero-order valence-electron chi connectivity index (χ0n) is 17.8. The number of anilines is 2. The Morgan fingerprint density at radius 2 is 1.62 bits per heavy atom. The van der Waals surface area contributed by atoms with Crippen molar-refractivity contribution in [2.75, 3.05) is 5.32 Å². The standard InChI is InChI=1S/C26H22N4OS/c1-17(2)30-23(31)16-15-22(29-30)25-24(19-10-4-3-5-11-19)28-26(32-25)27-21-14-8-12-18-9-6-7-13-20(18)21/h3-17H,1-2H3,(H,27,28). The van der Waals surface area contributed by atoms with Gasteiger partial charge in [-0.3, -0.25) is 4.79 Å². The molecule has 2 heterocycles. The molecule has 32 heavy (non-hydrogen) atoms. The van der Waals surface area contributed by atoms with Crippen molar-refractivity contribution >= 4 is 32.9 Å². The van der Waals surface area contributed by atoms with Crippen molar-refractivity contribution in [3.8, 4) is 21.8 Å². The van der Waals surface area contributed by atoms with Crippen LogP contribution in [-0.4, -0.2) is 14.8 Å². The lowest BCUT2D eigenvalue weighted by atomic mass is 10.1. The summed E-state index contributed by atoms with van der Waals surface area (Å²) < 4.78 is 1.52. The molecule has 5 aromatic rings. The molecule has 6 heteroatoms. The second-order valence-corrected chi connectivity index (χ2v) is 8.81. The van der Waals surface area contributed by atoms with Crippen molar-refractivity contribution in [1.29, 1.82) is 0 Å². The Morgan fingerprint density at radius 1 is 0.875 bits per heavy atom. The molecule has 0 aliphatic heterocycles. The molecule has 3 aromatic carbocycles. The molecule has 1 N–H and O–H groups in total. The Kier molecular flexibility index (Phi) is 5.29. The number of rotatable bonds is 5. The lowest BCUT2D eigenvalue weighted by Gasteiger charge is -2.09. The fraction of sp³-hybridized carbons (Fsp3) is 0.115. The maximum atomic E-state index is 12.2. The van der Waals surface area contributed by atoms with E-state index < -0.39 is 0 Å². The van der Waals surface area contributed by atoms with E-state index in [0.29, 0.717) is 0 Å². The van der Waals surface area contributed by atoms with E-state index in [1.807, 2.05) is 62.4 Å². The number of nitrogens with one attached hydrogen (secondary N) is 1. The molecule has 5 nitrogen and oxygen atoms in total. The maximum absolute atomic E-state index is 12.2. The van der Waals surface area contributed by atoms with Gasteiger partial charge in [0.1, 0.15) is 5.69 Å². The molecule has 5 rings (SSSR count). The summed E-state index contributed by atoms with van der Waals surface area (Å²) >= 11 is 1.54. The van der Waals surface area contributed by atoms with E-state index >= 15 is 0 Å². The first-order chi connectivity index (χ1) is 15.6. The minimum Gasteiger partial charge on any atom is -0.331 e. The molecule has 2 aromatic heterocycles. The fourth-order valence-corrected chi connectivity index (χ4v) is 4.67. The predicted molar refractivity (Wildman–Crippen MR) is 133 cm³/mol. The summed E-state index contributed by atoms with van der Waals surface area (Å²) in [6.07, 6.45) is 0. The summed E-state index contributed by atoms with van der Waals surface area (Å²) in [7, 11) is 0.